The SMILES string of the molecule is CCCCOP(=O)(CCCCCCOc1ccc(OC)cc1Cl)OCCCC. The Morgan fingerprint density at radius 1 is 0.893 bits per heavy atom. The van der Waals surface area contributed by atoms with Crippen molar-refractivity contribution in [1.82, 2.24) is 0 Å². The largest absolute Gasteiger partial charge is 0.497 e. The number of ether oxygens (including phenoxy) is 2. The number of methoxy groups -OCH3 is 1. The third-order valence-corrected chi connectivity index (χ3v) is 6.61. The average Bonchev–Trinajstić information content (AvgIpc) is 2.68. The van der Waals surface area contributed by atoms with Gasteiger partial charge in [-0.05, 0) is 37.8 Å². The summed E-state index contributed by atoms with van der Waals surface area (Å²) >= 11 is 6.16. The predicted molar refractivity (Wildman–Crippen MR) is 116 cm³/mol. The molecule has 0 radical (unpaired) electrons. The van der Waals surface area contributed by atoms with Gasteiger partial charge in [-0.3, -0.25) is 4.57 Å². The van der Waals surface area contributed by atoms with Crippen LogP contribution < -0.4 is 9.47 Å². The van der Waals surface area contributed by atoms with E-state index in [0.717, 1.165) is 51.4 Å². The molecule has 0 atom stereocenters. The van der Waals surface area contributed by atoms with Gasteiger partial charge in [0.25, 0.3) is 0 Å². The summed E-state index contributed by atoms with van der Waals surface area (Å²) in [7, 11) is -1.35. The molecule has 0 aliphatic rings. The molecule has 5 nitrogen and oxygen atoms in total. The summed E-state index contributed by atoms with van der Waals surface area (Å²) in [5.74, 6) is 1.38. The van der Waals surface area contributed by atoms with Crippen LogP contribution in [0.5, 0.6) is 11.5 Å². The van der Waals surface area contributed by atoms with E-state index < -0.39 is 7.60 Å². The van der Waals surface area contributed by atoms with Crippen LogP contribution in [0.1, 0.15) is 65.2 Å². The van der Waals surface area contributed by atoms with Crippen LogP contribution in [0, 0.1) is 0 Å². The van der Waals surface area contributed by atoms with Gasteiger partial charge in [-0.2, -0.15) is 0 Å². The fraction of sp³-hybridized carbons (Fsp3) is 0.714. The average molecular weight is 435 g/mol. The standard InChI is InChI=1S/C21H36ClO5P/c1-4-6-15-26-28(23,27-16-7-5-2)17-11-9-8-10-14-25-21-13-12-19(24-3)18-20(21)22/h12-13,18H,4-11,14-17H2,1-3H3. The Labute approximate surface area is 175 Å². The number of hydrogen-bond donors (Lipinski definition) is 0. The van der Waals surface area contributed by atoms with Gasteiger partial charge in [-0.1, -0.05) is 51.1 Å². The molecule has 0 aromatic heterocycles. The first kappa shape index (κ1) is 25.3. The van der Waals surface area contributed by atoms with E-state index in [1.54, 1.807) is 13.2 Å². The lowest BCUT2D eigenvalue weighted by Gasteiger charge is -2.18. The van der Waals surface area contributed by atoms with Crippen LogP contribution in [0.4, 0.5) is 0 Å². The van der Waals surface area contributed by atoms with Crippen molar-refractivity contribution < 1.29 is 23.1 Å². The van der Waals surface area contributed by atoms with Gasteiger partial charge in [0.1, 0.15) is 11.5 Å². The molecule has 0 saturated heterocycles. The van der Waals surface area contributed by atoms with Gasteiger partial charge >= 0.3 is 7.60 Å². The highest BCUT2D eigenvalue weighted by atomic mass is 35.5. The van der Waals surface area contributed by atoms with Crippen molar-refractivity contribution in [3.05, 3.63) is 23.2 Å². The maximum absolute atomic E-state index is 12.8. The fourth-order valence-corrected chi connectivity index (χ4v) is 4.51. The van der Waals surface area contributed by atoms with Gasteiger partial charge in [0.2, 0.25) is 0 Å². The highest BCUT2D eigenvalue weighted by Gasteiger charge is 2.23. The van der Waals surface area contributed by atoms with Crippen LogP contribution in [0.3, 0.4) is 0 Å². The number of unbranched alkanes of at least 4 members (excludes halogenated alkanes) is 5. The predicted octanol–water partition coefficient (Wildman–Crippen LogP) is 7.11. The van der Waals surface area contributed by atoms with Gasteiger partial charge in [-0.15, -0.1) is 0 Å². The third kappa shape index (κ3) is 10.7. The second-order valence-corrected chi connectivity index (χ2v) is 9.36. The summed E-state index contributed by atoms with van der Waals surface area (Å²) in [5, 5.41) is 0.550. The van der Waals surface area contributed by atoms with Crippen LogP contribution >= 0.6 is 19.2 Å². The summed E-state index contributed by atoms with van der Waals surface area (Å²) in [6, 6.07) is 5.39. The first-order valence-corrected chi connectivity index (χ1v) is 12.5. The summed E-state index contributed by atoms with van der Waals surface area (Å²) in [6.45, 7) is 5.80. The van der Waals surface area contributed by atoms with Crippen molar-refractivity contribution in [3.8, 4) is 11.5 Å². The van der Waals surface area contributed by atoms with Crippen LogP contribution in [0.25, 0.3) is 0 Å². The van der Waals surface area contributed by atoms with E-state index in [4.69, 9.17) is 30.1 Å². The monoisotopic (exact) mass is 434 g/mol. The minimum atomic E-state index is -2.96. The smallest absolute Gasteiger partial charge is 0.330 e. The maximum Gasteiger partial charge on any atom is 0.330 e. The molecule has 0 aliphatic carbocycles. The minimum Gasteiger partial charge on any atom is -0.497 e. The van der Waals surface area contributed by atoms with E-state index in [9.17, 15) is 4.57 Å². The van der Waals surface area contributed by atoms with Gasteiger partial charge in [0.15, 0.2) is 0 Å². The quantitative estimate of drug-likeness (QED) is 0.193. The molecule has 1 aromatic rings. The Morgan fingerprint density at radius 3 is 2.11 bits per heavy atom. The zero-order chi connectivity index (χ0) is 20.7. The number of benzene rings is 1. The molecule has 28 heavy (non-hydrogen) atoms. The summed E-state index contributed by atoms with van der Waals surface area (Å²) in [6.07, 6.45) is 8.07. The second-order valence-electron chi connectivity index (χ2n) is 6.77. The van der Waals surface area contributed by atoms with E-state index in [-0.39, 0.29) is 0 Å². The van der Waals surface area contributed by atoms with Crippen LogP contribution in [0.2, 0.25) is 5.02 Å². The normalized spacial score (nSPS) is 11.6. The lowest BCUT2D eigenvalue weighted by Crippen LogP contribution is -2.03. The highest BCUT2D eigenvalue weighted by Crippen LogP contribution is 2.49. The number of hydrogen-bond acceptors (Lipinski definition) is 5. The molecule has 0 heterocycles. The molecule has 7 heteroatoms. The third-order valence-electron chi connectivity index (χ3n) is 4.29. The Morgan fingerprint density at radius 2 is 1.54 bits per heavy atom. The Balaban J connectivity index is 2.24. The van der Waals surface area contributed by atoms with Crippen molar-refractivity contribution in [1.29, 1.82) is 0 Å². The van der Waals surface area contributed by atoms with Crippen molar-refractivity contribution in [2.24, 2.45) is 0 Å². The van der Waals surface area contributed by atoms with Crippen molar-refractivity contribution in [2.75, 3.05) is 33.1 Å². The Hall–Kier alpha value is -0.740. The van der Waals surface area contributed by atoms with E-state index >= 15 is 0 Å². The topological polar surface area (TPSA) is 54.0 Å². The maximum atomic E-state index is 12.8. The second kappa shape index (κ2) is 15.1. The molecular weight excluding hydrogens is 399 g/mol. The van der Waals surface area contributed by atoms with E-state index in [1.165, 1.54) is 0 Å². The summed E-state index contributed by atoms with van der Waals surface area (Å²) < 4.78 is 34.9. The van der Waals surface area contributed by atoms with Gasteiger partial charge < -0.3 is 18.5 Å². The molecule has 0 amide bonds. The summed E-state index contributed by atoms with van der Waals surface area (Å²) in [4.78, 5) is 0. The molecule has 0 saturated carbocycles. The van der Waals surface area contributed by atoms with Gasteiger partial charge in [-0.25, -0.2) is 0 Å². The van der Waals surface area contributed by atoms with Crippen LogP contribution in [0.15, 0.2) is 18.2 Å². The molecule has 0 N–H and O–H groups in total. The van der Waals surface area contributed by atoms with E-state index in [1.807, 2.05) is 12.1 Å². The minimum absolute atomic E-state index is 0.492. The Bertz CT molecular complexity index is 568. The number of halogens is 1. The zero-order valence-electron chi connectivity index (χ0n) is 17.6. The van der Waals surface area contributed by atoms with Gasteiger partial charge in [0, 0.05) is 6.07 Å². The molecule has 1 rings (SSSR count). The molecule has 0 unspecified atom stereocenters. The van der Waals surface area contributed by atoms with E-state index in [2.05, 4.69) is 13.8 Å². The molecule has 162 valence electrons. The highest BCUT2D eigenvalue weighted by molar-refractivity contribution is 7.53. The molecule has 1 aromatic carbocycles. The molecule has 0 fully saturated rings. The molecule has 0 bridgehead atoms. The van der Waals surface area contributed by atoms with Crippen molar-refractivity contribution in [2.45, 2.75) is 65.2 Å². The first-order valence-electron chi connectivity index (χ1n) is 10.4. The Kier molecular flexibility index (Phi) is 13.7. The lowest BCUT2D eigenvalue weighted by molar-refractivity contribution is 0.199. The first-order chi connectivity index (χ1) is 13.5. The lowest BCUT2D eigenvalue weighted by atomic mass is 10.2. The fourth-order valence-electron chi connectivity index (χ4n) is 2.53. The molecule has 0 aliphatic heterocycles. The van der Waals surface area contributed by atoms with Crippen LogP contribution in [-0.2, 0) is 13.6 Å². The summed E-state index contributed by atoms with van der Waals surface area (Å²) in [5.41, 5.74) is 0. The van der Waals surface area contributed by atoms with Gasteiger partial charge in [0.05, 0.1) is 38.1 Å². The number of rotatable bonds is 17. The van der Waals surface area contributed by atoms with Crippen LogP contribution in [-0.4, -0.2) is 33.1 Å². The molecular formula is C21H36ClO5P. The molecule has 0 spiro atoms. The van der Waals surface area contributed by atoms with E-state index in [0.29, 0.717) is 42.5 Å². The zero-order valence-corrected chi connectivity index (χ0v) is 19.2. The van der Waals surface area contributed by atoms with Crippen molar-refractivity contribution >= 4 is 19.2 Å². The van der Waals surface area contributed by atoms with Crippen molar-refractivity contribution in [3.63, 3.8) is 0 Å².